The van der Waals surface area contributed by atoms with Crippen LogP contribution in [0, 0.1) is 6.92 Å². The Morgan fingerprint density at radius 1 is 1.12 bits per heavy atom. The minimum absolute atomic E-state index is 0.194. The van der Waals surface area contributed by atoms with Crippen molar-refractivity contribution >= 4 is 28.1 Å². The number of imidazole rings is 1. The van der Waals surface area contributed by atoms with Crippen molar-refractivity contribution in [2.24, 2.45) is 0 Å². The molecule has 0 radical (unpaired) electrons. The summed E-state index contributed by atoms with van der Waals surface area (Å²) in [5, 5.41) is 15.8. The normalized spacial score (nSPS) is 11.1. The van der Waals surface area contributed by atoms with Crippen LogP contribution < -0.4 is 21.5 Å². The Morgan fingerprint density at radius 2 is 1.92 bits per heavy atom. The van der Waals surface area contributed by atoms with Gasteiger partial charge in [-0.25, -0.2) is 4.98 Å². The molecule has 130 valence electrons. The maximum atomic E-state index is 12.0. The van der Waals surface area contributed by atoms with Crippen LogP contribution in [0.2, 0.25) is 0 Å². The number of hydrogen-bond donors (Lipinski definition) is 4. The fourth-order valence-electron chi connectivity index (χ4n) is 2.88. The topological polar surface area (TPSA) is 107 Å². The van der Waals surface area contributed by atoms with Crippen LogP contribution in [-0.2, 0) is 6.54 Å². The van der Waals surface area contributed by atoms with E-state index in [9.17, 15) is 14.7 Å². The van der Waals surface area contributed by atoms with Crippen molar-refractivity contribution in [2.75, 3.05) is 10.6 Å². The number of aromatic hydroxyl groups is 1. The SMILES string of the molecule is Cc1c(O)cccc1CNc1c(Nc2ccc3[nH]cnc3c2)c(=O)c1=O. The molecular formula is C19H16N4O3. The lowest BCUT2D eigenvalue weighted by Gasteiger charge is -2.16. The van der Waals surface area contributed by atoms with Crippen LogP contribution in [-0.4, -0.2) is 15.1 Å². The van der Waals surface area contributed by atoms with E-state index < -0.39 is 10.9 Å². The fourth-order valence-corrected chi connectivity index (χ4v) is 2.88. The fraction of sp³-hybridized carbons (Fsp3) is 0.105. The smallest absolute Gasteiger partial charge is 0.253 e. The largest absolute Gasteiger partial charge is 0.508 e. The molecule has 0 aliphatic rings. The maximum absolute atomic E-state index is 12.0. The van der Waals surface area contributed by atoms with E-state index in [1.54, 1.807) is 37.5 Å². The predicted octanol–water partition coefficient (Wildman–Crippen LogP) is 2.53. The molecule has 4 N–H and O–H groups in total. The van der Waals surface area contributed by atoms with Crippen LogP contribution >= 0.6 is 0 Å². The second-order valence-corrected chi connectivity index (χ2v) is 6.08. The van der Waals surface area contributed by atoms with Crippen molar-refractivity contribution in [1.29, 1.82) is 0 Å². The minimum atomic E-state index is -0.553. The zero-order chi connectivity index (χ0) is 18.3. The summed E-state index contributed by atoms with van der Waals surface area (Å²) in [6.45, 7) is 2.13. The first kappa shape index (κ1) is 15.9. The van der Waals surface area contributed by atoms with Crippen LogP contribution in [0.25, 0.3) is 11.0 Å². The summed E-state index contributed by atoms with van der Waals surface area (Å²) in [4.78, 5) is 31.1. The average Bonchev–Trinajstić information content (AvgIpc) is 3.11. The van der Waals surface area contributed by atoms with Gasteiger partial charge in [-0.3, -0.25) is 9.59 Å². The van der Waals surface area contributed by atoms with E-state index in [-0.39, 0.29) is 17.1 Å². The van der Waals surface area contributed by atoms with E-state index in [1.165, 1.54) is 0 Å². The van der Waals surface area contributed by atoms with Crippen LogP contribution in [0.15, 0.2) is 52.3 Å². The lowest BCUT2D eigenvalue weighted by atomic mass is 10.1. The van der Waals surface area contributed by atoms with Gasteiger partial charge in [0.2, 0.25) is 0 Å². The lowest BCUT2D eigenvalue weighted by molar-refractivity contribution is 0.470. The van der Waals surface area contributed by atoms with Crippen molar-refractivity contribution in [2.45, 2.75) is 13.5 Å². The highest BCUT2D eigenvalue weighted by Gasteiger charge is 2.21. The Labute approximate surface area is 148 Å². The summed E-state index contributed by atoms with van der Waals surface area (Å²) < 4.78 is 0. The molecule has 0 bridgehead atoms. The second kappa shape index (κ2) is 6.03. The van der Waals surface area contributed by atoms with Crippen LogP contribution in [0.3, 0.4) is 0 Å². The van der Waals surface area contributed by atoms with Gasteiger partial charge in [-0.05, 0) is 42.3 Å². The van der Waals surface area contributed by atoms with Gasteiger partial charge >= 0.3 is 0 Å². The highest BCUT2D eigenvalue weighted by molar-refractivity contribution is 5.84. The molecule has 4 aromatic rings. The molecule has 1 aromatic heterocycles. The molecule has 26 heavy (non-hydrogen) atoms. The standard InChI is InChI=1S/C19H16N4O3/c1-10-11(3-2-4-15(10)24)8-20-16-17(19(26)18(16)25)23-12-5-6-13-14(7-12)22-9-21-13/h2-7,9,20,23-24H,8H2,1H3,(H,21,22). The molecule has 7 nitrogen and oxygen atoms in total. The summed E-state index contributed by atoms with van der Waals surface area (Å²) in [7, 11) is 0. The zero-order valence-electron chi connectivity index (χ0n) is 14.0. The van der Waals surface area contributed by atoms with Gasteiger partial charge in [0.1, 0.15) is 17.1 Å². The molecule has 0 saturated heterocycles. The van der Waals surface area contributed by atoms with Crippen LogP contribution in [0.5, 0.6) is 5.75 Å². The molecule has 0 spiro atoms. The highest BCUT2D eigenvalue weighted by atomic mass is 16.3. The van der Waals surface area contributed by atoms with Crippen molar-refractivity contribution in [3.05, 3.63) is 74.3 Å². The number of fused-ring (bicyclic) bond motifs is 1. The number of aromatic amines is 1. The maximum Gasteiger partial charge on any atom is 0.253 e. The first-order valence-electron chi connectivity index (χ1n) is 8.09. The van der Waals surface area contributed by atoms with Gasteiger partial charge in [0.05, 0.1) is 17.4 Å². The van der Waals surface area contributed by atoms with E-state index in [1.807, 2.05) is 12.1 Å². The van der Waals surface area contributed by atoms with Crippen LogP contribution in [0.1, 0.15) is 11.1 Å². The first-order chi connectivity index (χ1) is 12.5. The van der Waals surface area contributed by atoms with Gasteiger partial charge in [-0.15, -0.1) is 0 Å². The van der Waals surface area contributed by atoms with Gasteiger partial charge in [-0.2, -0.15) is 0 Å². The third kappa shape index (κ3) is 2.59. The van der Waals surface area contributed by atoms with Gasteiger partial charge in [-0.1, -0.05) is 12.1 Å². The van der Waals surface area contributed by atoms with E-state index in [4.69, 9.17) is 0 Å². The van der Waals surface area contributed by atoms with Crippen molar-refractivity contribution in [1.82, 2.24) is 9.97 Å². The van der Waals surface area contributed by atoms with E-state index >= 15 is 0 Å². The molecular weight excluding hydrogens is 332 g/mol. The number of nitrogens with one attached hydrogen (secondary N) is 3. The van der Waals surface area contributed by atoms with Gasteiger partial charge in [0, 0.05) is 12.2 Å². The predicted molar refractivity (Wildman–Crippen MR) is 101 cm³/mol. The van der Waals surface area contributed by atoms with Gasteiger partial charge < -0.3 is 20.7 Å². The molecule has 0 fully saturated rings. The number of phenols is 1. The molecule has 1 heterocycles. The Bertz CT molecular complexity index is 1190. The molecule has 0 saturated carbocycles. The summed E-state index contributed by atoms with van der Waals surface area (Å²) in [5.74, 6) is 0.194. The average molecular weight is 348 g/mol. The number of hydrogen-bond acceptors (Lipinski definition) is 6. The molecule has 0 amide bonds. The number of rotatable bonds is 5. The molecule has 0 unspecified atom stereocenters. The molecule has 0 aliphatic heterocycles. The van der Waals surface area contributed by atoms with Crippen LogP contribution in [0.4, 0.5) is 17.1 Å². The quantitative estimate of drug-likeness (QED) is 0.413. The third-order valence-electron chi connectivity index (χ3n) is 4.47. The monoisotopic (exact) mass is 348 g/mol. The van der Waals surface area contributed by atoms with Crippen molar-refractivity contribution < 1.29 is 5.11 Å². The molecule has 0 aliphatic carbocycles. The summed E-state index contributed by atoms with van der Waals surface area (Å²) in [5.41, 5.74) is 3.29. The summed E-state index contributed by atoms with van der Waals surface area (Å²) in [6, 6.07) is 10.6. The molecule has 0 atom stereocenters. The minimum Gasteiger partial charge on any atom is -0.508 e. The number of aromatic nitrogens is 2. The molecule has 4 rings (SSSR count). The second-order valence-electron chi connectivity index (χ2n) is 6.08. The third-order valence-corrected chi connectivity index (χ3v) is 4.47. The Balaban J connectivity index is 1.57. The Morgan fingerprint density at radius 3 is 2.77 bits per heavy atom. The summed E-state index contributed by atoms with van der Waals surface area (Å²) >= 11 is 0. The zero-order valence-corrected chi connectivity index (χ0v) is 14.0. The van der Waals surface area contributed by atoms with E-state index in [0.717, 1.165) is 22.2 Å². The highest BCUT2D eigenvalue weighted by Crippen LogP contribution is 2.25. The first-order valence-corrected chi connectivity index (χ1v) is 8.09. The Kier molecular flexibility index (Phi) is 3.69. The number of phenolic OH excluding ortho intramolecular Hbond substituents is 1. The molecule has 7 heteroatoms. The van der Waals surface area contributed by atoms with E-state index in [0.29, 0.717) is 12.2 Å². The number of H-pyrrole nitrogens is 1. The van der Waals surface area contributed by atoms with E-state index in [2.05, 4.69) is 20.6 Å². The van der Waals surface area contributed by atoms with Crippen molar-refractivity contribution in [3.63, 3.8) is 0 Å². The van der Waals surface area contributed by atoms with Gasteiger partial charge in [0.15, 0.2) is 0 Å². The van der Waals surface area contributed by atoms with Crippen molar-refractivity contribution in [3.8, 4) is 5.75 Å². The number of benzene rings is 2. The number of anilines is 3. The van der Waals surface area contributed by atoms with Gasteiger partial charge in [0.25, 0.3) is 10.9 Å². The summed E-state index contributed by atoms with van der Waals surface area (Å²) in [6.07, 6.45) is 1.59. The lowest BCUT2D eigenvalue weighted by Crippen LogP contribution is -2.36. The number of nitrogens with zero attached hydrogens (tertiary/aromatic N) is 1. The molecule has 3 aromatic carbocycles. The Hall–Kier alpha value is -3.61.